The number of benzene rings is 2. The second-order valence-corrected chi connectivity index (χ2v) is 8.18. The molecule has 33 heavy (non-hydrogen) atoms. The van der Waals surface area contributed by atoms with Crippen molar-refractivity contribution in [2.24, 2.45) is 0 Å². The lowest BCUT2D eigenvalue weighted by atomic mass is 10.0. The van der Waals surface area contributed by atoms with Gasteiger partial charge in [0.15, 0.2) is 0 Å². The number of unbranched alkanes of at least 4 members (excludes halogenated alkanes) is 2. The average molecular weight is 471 g/mol. The number of imide groups is 1. The Morgan fingerprint density at radius 1 is 0.970 bits per heavy atom. The van der Waals surface area contributed by atoms with Crippen molar-refractivity contribution >= 4 is 35.3 Å². The van der Waals surface area contributed by atoms with Crippen molar-refractivity contribution in [3.8, 4) is 0 Å². The maximum absolute atomic E-state index is 12.5. The lowest BCUT2D eigenvalue weighted by molar-refractivity contribution is -0.143. The number of ether oxygens (including phenoxy) is 1. The number of carbonyl (C=O) groups excluding carboxylic acids is 4. The zero-order valence-corrected chi connectivity index (χ0v) is 19.3. The molecule has 2 aromatic carbocycles. The van der Waals surface area contributed by atoms with Gasteiger partial charge in [0.2, 0.25) is 5.91 Å². The minimum absolute atomic E-state index is 0.0109. The molecule has 7 nitrogen and oxygen atoms in total. The highest BCUT2D eigenvalue weighted by atomic mass is 35.5. The highest BCUT2D eigenvalue weighted by Crippen LogP contribution is 2.26. The topological polar surface area (TPSA) is 92.8 Å². The fraction of sp³-hybridized carbons (Fsp3) is 0.360. The van der Waals surface area contributed by atoms with Crippen molar-refractivity contribution in [2.45, 2.75) is 45.1 Å². The average Bonchev–Trinajstić information content (AvgIpc) is 3.04. The number of amides is 3. The van der Waals surface area contributed by atoms with Crippen molar-refractivity contribution in [3.05, 3.63) is 70.2 Å². The smallest absolute Gasteiger partial charge is 0.308 e. The van der Waals surface area contributed by atoms with Crippen LogP contribution in [0.5, 0.6) is 0 Å². The van der Waals surface area contributed by atoms with Crippen LogP contribution < -0.4 is 5.32 Å². The van der Waals surface area contributed by atoms with E-state index in [0.717, 1.165) is 0 Å². The largest absolute Gasteiger partial charge is 0.466 e. The van der Waals surface area contributed by atoms with E-state index >= 15 is 0 Å². The van der Waals surface area contributed by atoms with Crippen LogP contribution >= 0.6 is 11.6 Å². The fourth-order valence-electron chi connectivity index (χ4n) is 3.82. The number of rotatable bonds is 11. The van der Waals surface area contributed by atoms with Gasteiger partial charge in [-0.2, -0.15) is 0 Å². The van der Waals surface area contributed by atoms with E-state index in [9.17, 15) is 19.2 Å². The van der Waals surface area contributed by atoms with Gasteiger partial charge in [0.25, 0.3) is 11.8 Å². The maximum Gasteiger partial charge on any atom is 0.308 e. The van der Waals surface area contributed by atoms with E-state index in [1.807, 2.05) is 0 Å². The molecular weight excluding hydrogens is 444 g/mol. The molecule has 8 heteroatoms. The van der Waals surface area contributed by atoms with Gasteiger partial charge in [0, 0.05) is 18.0 Å². The third-order valence-electron chi connectivity index (χ3n) is 5.46. The zero-order valence-electron chi connectivity index (χ0n) is 18.5. The number of nitrogens with one attached hydrogen (secondary N) is 1. The number of esters is 1. The molecule has 1 heterocycles. The Hall–Kier alpha value is -3.19. The van der Waals surface area contributed by atoms with Gasteiger partial charge in [-0.05, 0) is 43.5 Å². The number of carbonyl (C=O) groups is 4. The SMILES string of the molecule is CCOC(=O)C[C@H](NC(=O)CCCCCN1C(=O)c2ccccc2C1=O)c1ccccc1Cl. The Morgan fingerprint density at radius 2 is 1.61 bits per heavy atom. The number of fused-ring (bicyclic) bond motifs is 1. The van der Waals surface area contributed by atoms with Crippen molar-refractivity contribution in [2.75, 3.05) is 13.2 Å². The molecule has 1 aliphatic rings. The first-order chi connectivity index (χ1) is 15.9. The van der Waals surface area contributed by atoms with Crippen LogP contribution in [0.3, 0.4) is 0 Å². The minimum Gasteiger partial charge on any atom is -0.466 e. The number of nitrogens with zero attached hydrogens (tertiary/aromatic N) is 1. The summed E-state index contributed by atoms with van der Waals surface area (Å²) in [7, 11) is 0. The standard InChI is InChI=1S/C25H27ClN2O5/c1-2-33-23(30)16-21(19-12-7-8-13-20(19)26)27-22(29)14-4-3-9-15-28-24(31)17-10-5-6-11-18(17)25(28)32/h5-8,10-13,21H,2-4,9,14-16H2,1H3,(H,27,29)/t21-/m0/s1. The molecule has 0 saturated heterocycles. The normalized spacial score (nSPS) is 13.6. The van der Waals surface area contributed by atoms with Crippen LogP contribution in [0.4, 0.5) is 0 Å². The summed E-state index contributed by atoms with van der Waals surface area (Å²) in [6.07, 6.45) is 2.11. The van der Waals surface area contributed by atoms with E-state index in [-0.39, 0.29) is 37.2 Å². The Balaban J connectivity index is 1.46. The van der Waals surface area contributed by atoms with Gasteiger partial charge >= 0.3 is 5.97 Å². The van der Waals surface area contributed by atoms with Crippen LogP contribution in [0.15, 0.2) is 48.5 Å². The Bertz CT molecular complexity index is 1000. The molecule has 0 fully saturated rings. The molecule has 0 spiro atoms. The van der Waals surface area contributed by atoms with E-state index in [2.05, 4.69) is 5.32 Å². The van der Waals surface area contributed by atoms with Crippen LogP contribution in [0.25, 0.3) is 0 Å². The predicted molar refractivity (Wildman–Crippen MR) is 124 cm³/mol. The van der Waals surface area contributed by atoms with E-state index in [1.54, 1.807) is 55.5 Å². The molecule has 3 rings (SSSR count). The highest BCUT2D eigenvalue weighted by Gasteiger charge is 2.34. The first-order valence-electron chi connectivity index (χ1n) is 11.1. The third-order valence-corrected chi connectivity index (χ3v) is 5.80. The summed E-state index contributed by atoms with van der Waals surface area (Å²) >= 11 is 6.26. The lowest BCUT2D eigenvalue weighted by Gasteiger charge is -2.20. The van der Waals surface area contributed by atoms with Crippen molar-refractivity contribution in [3.63, 3.8) is 0 Å². The van der Waals surface area contributed by atoms with Crippen molar-refractivity contribution in [1.29, 1.82) is 0 Å². The highest BCUT2D eigenvalue weighted by molar-refractivity contribution is 6.31. The van der Waals surface area contributed by atoms with Crippen LogP contribution in [0.2, 0.25) is 5.02 Å². The first-order valence-corrected chi connectivity index (χ1v) is 11.4. The van der Waals surface area contributed by atoms with E-state index in [1.165, 1.54) is 4.90 Å². The van der Waals surface area contributed by atoms with Crippen molar-refractivity contribution in [1.82, 2.24) is 10.2 Å². The summed E-state index contributed by atoms with van der Waals surface area (Å²) in [4.78, 5) is 50.6. The molecule has 0 unspecified atom stereocenters. The van der Waals surface area contributed by atoms with E-state index in [4.69, 9.17) is 16.3 Å². The molecule has 0 aromatic heterocycles. The minimum atomic E-state index is -0.580. The van der Waals surface area contributed by atoms with Crippen molar-refractivity contribution < 1.29 is 23.9 Å². The van der Waals surface area contributed by atoms with Crippen LogP contribution in [0.1, 0.15) is 71.3 Å². The lowest BCUT2D eigenvalue weighted by Crippen LogP contribution is -2.31. The second-order valence-electron chi connectivity index (χ2n) is 7.77. The summed E-state index contributed by atoms with van der Waals surface area (Å²) in [5.41, 5.74) is 1.54. The van der Waals surface area contributed by atoms with Gasteiger partial charge in [0.05, 0.1) is 30.2 Å². The van der Waals surface area contributed by atoms with Gasteiger partial charge in [-0.25, -0.2) is 0 Å². The number of halogens is 1. The molecule has 174 valence electrons. The summed E-state index contributed by atoms with van der Waals surface area (Å²) in [5.74, 6) is -1.15. The molecule has 0 saturated carbocycles. The predicted octanol–water partition coefficient (Wildman–Crippen LogP) is 4.31. The summed E-state index contributed by atoms with van der Waals surface area (Å²) < 4.78 is 5.02. The quantitative estimate of drug-likeness (QED) is 0.300. The van der Waals surface area contributed by atoms with Gasteiger partial charge in [0.1, 0.15) is 0 Å². The van der Waals surface area contributed by atoms with Gasteiger partial charge in [-0.1, -0.05) is 48.4 Å². The molecule has 3 amide bonds. The van der Waals surface area contributed by atoms with Crippen LogP contribution in [0, 0.1) is 0 Å². The molecule has 0 bridgehead atoms. The van der Waals surface area contributed by atoms with E-state index in [0.29, 0.717) is 47.5 Å². The third kappa shape index (κ3) is 6.20. The molecule has 0 radical (unpaired) electrons. The summed E-state index contributed by atoms with van der Waals surface area (Å²) in [6.45, 7) is 2.30. The van der Waals surface area contributed by atoms with Gasteiger partial charge in [-0.15, -0.1) is 0 Å². The Labute approximate surface area is 198 Å². The second kappa shape index (κ2) is 11.6. The summed E-state index contributed by atoms with van der Waals surface area (Å²) in [6, 6.07) is 13.3. The Morgan fingerprint density at radius 3 is 2.24 bits per heavy atom. The monoisotopic (exact) mass is 470 g/mol. The molecule has 1 N–H and O–H groups in total. The molecule has 0 aliphatic carbocycles. The molecule has 1 atom stereocenters. The molecule has 2 aromatic rings. The van der Waals surface area contributed by atoms with E-state index < -0.39 is 12.0 Å². The molecular formula is C25H27ClN2O5. The van der Waals surface area contributed by atoms with Gasteiger partial charge in [-0.3, -0.25) is 24.1 Å². The van der Waals surface area contributed by atoms with Gasteiger partial charge < -0.3 is 10.1 Å². The maximum atomic E-state index is 12.5. The Kier molecular flexibility index (Phi) is 8.60. The zero-order chi connectivity index (χ0) is 23.8. The summed E-state index contributed by atoms with van der Waals surface area (Å²) in [5, 5.41) is 3.34. The van der Waals surface area contributed by atoms with Crippen LogP contribution in [-0.2, 0) is 14.3 Å². The molecule has 1 aliphatic heterocycles. The van der Waals surface area contributed by atoms with Crippen LogP contribution in [-0.4, -0.2) is 41.7 Å². The first kappa shape index (κ1) is 24.5. The number of hydrogen-bond donors (Lipinski definition) is 1. The fourth-order valence-corrected chi connectivity index (χ4v) is 4.09. The number of hydrogen-bond acceptors (Lipinski definition) is 5.